The van der Waals surface area contributed by atoms with Crippen molar-refractivity contribution < 1.29 is 4.79 Å². The quantitative estimate of drug-likeness (QED) is 0.579. The third kappa shape index (κ3) is 4.09. The molecule has 1 aliphatic rings. The van der Waals surface area contributed by atoms with Crippen molar-refractivity contribution in [3.63, 3.8) is 0 Å². The Morgan fingerprint density at radius 2 is 1.90 bits per heavy atom. The molecule has 2 aromatic heterocycles. The Hall–Kier alpha value is -2.18. The highest BCUT2D eigenvalue weighted by Crippen LogP contribution is 2.35. The van der Waals surface area contributed by atoms with E-state index in [0.717, 1.165) is 26.5 Å². The Morgan fingerprint density at radius 1 is 1.21 bits per heavy atom. The van der Waals surface area contributed by atoms with Crippen molar-refractivity contribution in [1.82, 2.24) is 14.7 Å². The highest BCUT2D eigenvalue weighted by Gasteiger charge is 2.22. The monoisotopic (exact) mass is 410 g/mol. The van der Waals surface area contributed by atoms with Crippen molar-refractivity contribution in [3.05, 3.63) is 46.5 Å². The van der Waals surface area contributed by atoms with Gasteiger partial charge in [-0.3, -0.25) is 9.48 Å². The fourth-order valence-corrected chi connectivity index (χ4v) is 5.22. The van der Waals surface area contributed by atoms with E-state index in [1.165, 1.54) is 37.7 Å². The standard InChI is InChI=1S/C23H30N4OS/c1-15-20-14-21(29-23(20)27(25-15)19-8-6-5-7-9-19)22(28)24-18-12-10-17(11-13-18)16(2)26(3)4/h10-14,16,19H,5-9H2,1-4H3,(H,24,28). The number of anilines is 1. The summed E-state index contributed by atoms with van der Waals surface area (Å²) in [7, 11) is 4.14. The number of aryl methyl sites for hydroxylation is 1. The molecular weight excluding hydrogens is 380 g/mol. The van der Waals surface area contributed by atoms with Gasteiger partial charge in [-0.15, -0.1) is 11.3 Å². The number of benzene rings is 1. The van der Waals surface area contributed by atoms with E-state index in [1.54, 1.807) is 11.3 Å². The lowest BCUT2D eigenvalue weighted by atomic mass is 9.96. The van der Waals surface area contributed by atoms with Gasteiger partial charge >= 0.3 is 0 Å². The number of fused-ring (bicyclic) bond motifs is 1. The molecule has 2 heterocycles. The lowest BCUT2D eigenvalue weighted by Crippen LogP contribution is -2.16. The summed E-state index contributed by atoms with van der Waals surface area (Å²) in [6, 6.07) is 10.9. The van der Waals surface area contributed by atoms with E-state index in [1.807, 2.05) is 25.1 Å². The molecule has 29 heavy (non-hydrogen) atoms. The number of hydrogen-bond donors (Lipinski definition) is 1. The Labute approximate surface area is 176 Å². The first-order chi connectivity index (χ1) is 13.9. The molecular formula is C23H30N4OS. The summed E-state index contributed by atoms with van der Waals surface area (Å²) < 4.78 is 2.18. The van der Waals surface area contributed by atoms with Gasteiger partial charge in [-0.05, 0) is 64.5 Å². The smallest absolute Gasteiger partial charge is 0.265 e. The zero-order valence-electron chi connectivity index (χ0n) is 17.7. The fourth-order valence-electron chi connectivity index (χ4n) is 4.09. The number of aromatic nitrogens is 2. The average molecular weight is 411 g/mol. The molecule has 1 aliphatic carbocycles. The van der Waals surface area contributed by atoms with Crippen molar-refractivity contribution in [2.24, 2.45) is 0 Å². The van der Waals surface area contributed by atoms with Crippen molar-refractivity contribution >= 4 is 33.1 Å². The lowest BCUT2D eigenvalue weighted by molar-refractivity contribution is 0.103. The largest absolute Gasteiger partial charge is 0.321 e. The second-order valence-corrected chi connectivity index (χ2v) is 9.40. The predicted molar refractivity (Wildman–Crippen MR) is 121 cm³/mol. The van der Waals surface area contributed by atoms with Gasteiger partial charge in [-0.2, -0.15) is 5.10 Å². The van der Waals surface area contributed by atoms with Crippen LogP contribution in [0.2, 0.25) is 0 Å². The predicted octanol–water partition coefficient (Wildman–Crippen LogP) is 5.79. The molecule has 1 fully saturated rings. The molecule has 0 bridgehead atoms. The second kappa shape index (κ2) is 8.28. The molecule has 1 atom stereocenters. The van der Waals surface area contributed by atoms with Crippen LogP contribution in [0.1, 0.15) is 72.0 Å². The van der Waals surface area contributed by atoms with Crippen LogP contribution in [0.25, 0.3) is 10.2 Å². The first kappa shape index (κ1) is 20.1. The van der Waals surface area contributed by atoms with Crippen LogP contribution in [0.15, 0.2) is 30.3 Å². The van der Waals surface area contributed by atoms with E-state index >= 15 is 0 Å². The Kier molecular flexibility index (Phi) is 5.74. The SMILES string of the molecule is Cc1nn(C2CCCCC2)c2sc(C(=O)Nc3ccc(C(C)N(C)C)cc3)cc12. The highest BCUT2D eigenvalue weighted by atomic mass is 32.1. The molecule has 1 amide bonds. The van der Waals surface area contributed by atoms with Crippen molar-refractivity contribution in [2.45, 2.75) is 58.0 Å². The number of amides is 1. The summed E-state index contributed by atoms with van der Waals surface area (Å²) in [5.41, 5.74) is 3.08. The molecule has 1 saturated carbocycles. The van der Waals surface area contributed by atoms with Crippen molar-refractivity contribution in [3.8, 4) is 0 Å². The zero-order chi connectivity index (χ0) is 20.5. The average Bonchev–Trinajstić information content (AvgIpc) is 3.29. The van der Waals surface area contributed by atoms with Crippen LogP contribution in [-0.4, -0.2) is 34.7 Å². The summed E-state index contributed by atoms with van der Waals surface area (Å²) in [6.45, 7) is 4.21. The minimum atomic E-state index is -0.0470. The van der Waals surface area contributed by atoms with Gasteiger partial charge in [-0.25, -0.2) is 0 Å². The molecule has 5 nitrogen and oxygen atoms in total. The summed E-state index contributed by atoms with van der Waals surface area (Å²) >= 11 is 1.56. The summed E-state index contributed by atoms with van der Waals surface area (Å²) in [5.74, 6) is -0.0470. The van der Waals surface area contributed by atoms with E-state index in [0.29, 0.717) is 12.1 Å². The van der Waals surface area contributed by atoms with E-state index in [2.05, 4.69) is 48.1 Å². The number of hydrogen-bond acceptors (Lipinski definition) is 4. The van der Waals surface area contributed by atoms with Gasteiger partial charge in [-0.1, -0.05) is 31.4 Å². The van der Waals surface area contributed by atoms with Crippen LogP contribution in [-0.2, 0) is 0 Å². The number of carbonyl (C=O) groups excluding carboxylic acids is 1. The molecule has 154 valence electrons. The van der Waals surface area contributed by atoms with E-state index in [9.17, 15) is 4.79 Å². The van der Waals surface area contributed by atoms with Crippen LogP contribution in [0.3, 0.4) is 0 Å². The molecule has 3 aromatic rings. The molecule has 0 aliphatic heterocycles. The van der Waals surface area contributed by atoms with E-state index in [-0.39, 0.29) is 5.91 Å². The number of nitrogens with zero attached hydrogens (tertiary/aromatic N) is 3. The zero-order valence-corrected chi connectivity index (χ0v) is 18.6. The van der Waals surface area contributed by atoms with Gasteiger partial charge in [0.1, 0.15) is 4.83 Å². The molecule has 1 unspecified atom stereocenters. The van der Waals surface area contributed by atoms with Gasteiger partial charge in [0.25, 0.3) is 5.91 Å². The maximum absolute atomic E-state index is 12.9. The van der Waals surface area contributed by atoms with Crippen molar-refractivity contribution in [2.75, 3.05) is 19.4 Å². The summed E-state index contributed by atoms with van der Waals surface area (Å²) in [5, 5.41) is 8.95. The van der Waals surface area contributed by atoms with Gasteiger partial charge in [0.2, 0.25) is 0 Å². The number of nitrogens with one attached hydrogen (secondary N) is 1. The van der Waals surface area contributed by atoms with Crippen LogP contribution in [0, 0.1) is 6.92 Å². The molecule has 0 saturated heterocycles. The van der Waals surface area contributed by atoms with Crippen molar-refractivity contribution in [1.29, 1.82) is 0 Å². The fraction of sp³-hybridized carbons (Fsp3) is 0.478. The maximum Gasteiger partial charge on any atom is 0.265 e. The first-order valence-electron chi connectivity index (χ1n) is 10.5. The molecule has 0 radical (unpaired) electrons. The van der Waals surface area contributed by atoms with Gasteiger partial charge in [0, 0.05) is 17.1 Å². The van der Waals surface area contributed by atoms with Gasteiger partial charge in [0.15, 0.2) is 0 Å². The number of carbonyl (C=O) groups is 1. The second-order valence-electron chi connectivity index (χ2n) is 8.37. The molecule has 1 aromatic carbocycles. The third-order valence-electron chi connectivity index (χ3n) is 6.14. The molecule has 4 rings (SSSR count). The highest BCUT2D eigenvalue weighted by molar-refractivity contribution is 7.20. The van der Waals surface area contributed by atoms with Crippen LogP contribution in [0.5, 0.6) is 0 Å². The third-order valence-corrected chi connectivity index (χ3v) is 7.26. The topological polar surface area (TPSA) is 50.2 Å². The molecule has 1 N–H and O–H groups in total. The van der Waals surface area contributed by atoms with Crippen LogP contribution < -0.4 is 5.32 Å². The Bertz CT molecular complexity index is 996. The van der Waals surface area contributed by atoms with Crippen LogP contribution >= 0.6 is 11.3 Å². The molecule has 0 spiro atoms. The lowest BCUT2D eigenvalue weighted by Gasteiger charge is -2.22. The summed E-state index contributed by atoms with van der Waals surface area (Å²) in [4.78, 5) is 16.9. The van der Waals surface area contributed by atoms with E-state index < -0.39 is 0 Å². The maximum atomic E-state index is 12.9. The number of rotatable bonds is 5. The summed E-state index contributed by atoms with van der Waals surface area (Å²) in [6.07, 6.45) is 6.24. The van der Waals surface area contributed by atoms with Gasteiger partial charge < -0.3 is 10.2 Å². The van der Waals surface area contributed by atoms with Gasteiger partial charge in [0.05, 0.1) is 16.6 Å². The Balaban J connectivity index is 1.53. The first-order valence-corrected chi connectivity index (χ1v) is 11.3. The number of thiophene rings is 1. The van der Waals surface area contributed by atoms with Crippen LogP contribution in [0.4, 0.5) is 5.69 Å². The normalized spacial score (nSPS) is 16.4. The Morgan fingerprint density at radius 3 is 2.55 bits per heavy atom. The van der Waals surface area contributed by atoms with E-state index in [4.69, 9.17) is 5.10 Å². The minimum Gasteiger partial charge on any atom is -0.321 e. The molecule has 6 heteroatoms. The minimum absolute atomic E-state index is 0.0470.